The van der Waals surface area contributed by atoms with Crippen LogP contribution < -0.4 is 14.2 Å². The van der Waals surface area contributed by atoms with Gasteiger partial charge in [-0.05, 0) is 12.1 Å². The maximum absolute atomic E-state index is 5.97. The normalized spacial score (nSPS) is 10.5. The summed E-state index contributed by atoms with van der Waals surface area (Å²) in [4.78, 5) is 0. The van der Waals surface area contributed by atoms with Gasteiger partial charge >= 0.3 is 0 Å². The first-order chi connectivity index (χ1) is 11.7. The van der Waals surface area contributed by atoms with Crippen molar-refractivity contribution in [1.82, 2.24) is 15.0 Å². The molecular weight excluding hydrogens is 330 g/mol. The minimum absolute atomic E-state index is 0.541. The van der Waals surface area contributed by atoms with E-state index in [0.717, 1.165) is 11.3 Å². The first-order valence-electron chi connectivity index (χ1n) is 7.15. The summed E-state index contributed by atoms with van der Waals surface area (Å²) < 4.78 is 17.9. The summed E-state index contributed by atoms with van der Waals surface area (Å²) in [7, 11) is 4.74. The van der Waals surface area contributed by atoms with Gasteiger partial charge in [0.2, 0.25) is 0 Å². The van der Waals surface area contributed by atoms with Gasteiger partial charge in [-0.1, -0.05) is 28.9 Å². The Labute approximate surface area is 144 Å². The van der Waals surface area contributed by atoms with E-state index in [1.54, 1.807) is 38.3 Å². The van der Waals surface area contributed by atoms with Crippen molar-refractivity contribution in [2.24, 2.45) is 0 Å². The lowest BCUT2D eigenvalue weighted by molar-refractivity contribution is 0.347. The largest absolute Gasteiger partial charge is 0.497 e. The van der Waals surface area contributed by atoms with E-state index in [0.29, 0.717) is 28.0 Å². The number of hydrogen-bond acceptors (Lipinski definition) is 5. The van der Waals surface area contributed by atoms with Gasteiger partial charge in [0, 0.05) is 22.7 Å². The van der Waals surface area contributed by atoms with Crippen LogP contribution in [0.4, 0.5) is 0 Å². The molecule has 24 heavy (non-hydrogen) atoms. The fourth-order valence-corrected chi connectivity index (χ4v) is 2.55. The second-order valence-electron chi connectivity index (χ2n) is 4.92. The molecule has 7 heteroatoms. The van der Waals surface area contributed by atoms with Gasteiger partial charge in [-0.15, -0.1) is 5.10 Å². The number of ether oxygens (including phenoxy) is 3. The zero-order chi connectivity index (χ0) is 17.1. The zero-order valence-corrected chi connectivity index (χ0v) is 14.2. The molecule has 124 valence electrons. The third-order valence-corrected chi connectivity index (χ3v) is 3.84. The van der Waals surface area contributed by atoms with Crippen LogP contribution in [0.15, 0.2) is 42.6 Å². The van der Waals surface area contributed by atoms with E-state index in [-0.39, 0.29) is 0 Å². The number of nitrogens with zero attached hydrogens (tertiary/aromatic N) is 3. The van der Waals surface area contributed by atoms with Crippen LogP contribution in [-0.4, -0.2) is 36.3 Å². The minimum Gasteiger partial charge on any atom is -0.497 e. The third-order valence-electron chi connectivity index (χ3n) is 3.59. The fourth-order valence-electron chi connectivity index (χ4n) is 2.43. The SMILES string of the molecule is COc1cc(OC)c(OC)c(-n2nncc2-c2ccc(Cl)cc2)c1. The van der Waals surface area contributed by atoms with Crippen molar-refractivity contribution >= 4 is 11.6 Å². The maximum atomic E-state index is 5.97. The predicted octanol–water partition coefficient (Wildman–Crippen LogP) is 3.61. The summed E-state index contributed by atoms with van der Waals surface area (Å²) in [5.74, 6) is 1.71. The summed E-state index contributed by atoms with van der Waals surface area (Å²) >= 11 is 5.97. The van der Waals surface area contributed by atoms with Crippen molar-refractivity contribution in [3.63, 3.8) is 0 Å². The minimum atomic E-state index is 0.541. The van der Waals surface area contributed by atoms with Crippen LogP contribution >= 0.6 is 11.6 Å². The van der Waals surface area contributed by atoms with Crippen molar-refractivity contribution < 1.29 is 14.2 Å². The Morgan fingerprint density at radius 2 is 1.71 bits per heavy atom. The third kappa shape index (κ3) is 2.88. The monoisotopic (exact) mass is 345 g/mol. The van der Waals surface area contributed by atoms with Gasteiger partial charge in [0.05, 0.1) is 33.2 Å². The molecule has 6 nitrogen and oxygen atoms in total. The zero-order valence-electron chi connectivity index (χ0n) is 13.5. The van der Waals surface area contributed by atoms with E-state index in [1.807, 2.05) is 30.3 Å². The molecule has 0 bridgehead atoms. The molecular formula is C17H16ClN3O3. The van der Waals surface area contributed by atoms with Crippen LogP contribution in [-0.2, 0) is 0 Å². The number of benzene rings is 2. The van der Waals surface area contributed by atoms with E-state index in [2.05, 4.69) is 10.3 Å². The topological polar surface area (TPSA) is 58.4 Å². The van der Waals surface area contributed by atoms with Crippen molar-refractivity contribution in [1.29, 1.82) is 0 Å². The quantitative estimate of drug-likeness (QED) is 0.707. The second-order valence-corrected chi connectivity index (χ2v) is 5.36. The van der Waals surface area contributed by atoms with E-state index in [1.165, 1.54) is 0 Å². The predicted molar refractivity (Wildman–Crippen MR) is 91.5 cm³/mol. The Balaban J connectivity index is 2.20. The molecule has 3 aromatic rings. The highest BCUT2D eigenvalue weighted by molar-refractivity contribution is 6.30. The lowest BCUT2D eigenvalue weighted by atomic mass is 10.1. The standard InChI is InChI=1S/C17H16ClN3O3/c1-22-13-8-14(17(24-3)16(9-13)23-2)21-15(10-19-20-21)11-4-6-12(18)7-5-11/h4-10H,1-3H3. The summed E-state index contributed by atoms with van der Waals surface area (Å²) in [6, 6.07) is 11.0. The van der Waals surface area contributed by atoms with Crippen molar-refractivity contribution in [2.45, 2.75) is 0 Å². The Kier molecular flexibility index (Phi) is 4.57. The van der Waals surface area contributed by atoms with Gasteiger partial charge in [-0.25, -0.2) is 4.68 Å². The van der Waals surface area contributed by atoms with Crippen molar-refractivity contribution in [2.75, 3.05) is 21.3 Å². The molecule has 0 atom stereocenters. The van der Waals surface area contributed by atoms with Gasteiger partial charge in [0.25, 0.3) is 0 Å². The Morgan fingerprint density at radius 3 is 2.33 bits per heavy atom. The van der Waals surface area contributed by atoms with Gasteiger partial charge in [0.1, 0.15) is 11.4 Å². The average Bonchev–Trinajstić information content (AvgIpc) is 3.10. The van der Waals surface area contributed by atoms with E-state index in [9.17, 15) is 0 Å². The Morgan fingerprint density at radius 1 is 0.958 bits per heavy atom. The van der Waals surface area contributed by atoms with Crippen molar-refractivity contribution in [3.05, 3.63) is 47.6 Å². The van der Waals surface area contributed by atoms with Gasteiger partial charge < -0.3 is 14.2 Å². The molecule has 2 aromatic carbocycles. The van der Waals surface area contributed by atoms with Crippen LogP contribution in [0.2, 0.25) is 5.02 Å². The van der Waals surface area contributed by atoms with Crippen molar-refractivity contribution in [3.8, 4) is 34.2 Å². The maximum Gasteiger partial charge on any atom is 0.186 e. The molecule has 0 saturated heterocycles. The highest BCUT2D eigenvalue weighted by Gasteiger charge is 2.18. The summed E-state index contributed by atoms with van der Waals surface area (Å²) in [5.41, 5.74) is 2.38. The number of rotatable bonds is 5. The van der Waals surface area contributed by atoms with Crippen LogP contribution in [0, 0.1) is 0 Å². The lowest BCUT2D eigenvalue weighted by Crippen LogP contribution is -2.04. The Hall–Kier alpha value is -2.73. The van der Waals surface area contributed by atoms with E-state index < -0.39 is 0 Å². The molecule has 0 aliphatic heterocycles. The summed E-state index contributed by atoms with van der Waals surface area (Å²) in [6.45, 7) is 0. The highest BCUT2D eigenvalue weighted by Crippen LogP contribution is 2.39. The number of methoxy groups -OCH3 is 3. The molecule has 0 spiro atoms. The first-order valence-corrected chi connectivity index (χ1v) is 7.52. The van der Waals surface area contributed by atoms with Crippen LogP contribution in [0.25, 0.3) is 16.9 Å². The lowest BCUT2D eigenvalue weighted by Gasteiger charge is -2.15. The first kappa shape index (κ1) is 16.1. The van der Waals surface area contributed by atoms with E-state index in [4.69, 9.17) is 25.8 Å². The molecule has 0 unspecified atom stereocenters. The molecule has 0 saturated carbocycles. The number of halogens is 1. The number of hydrogen-bond donors (Lipinski definition) is 0. The average molecular weight is 346 g/mol. The molecule has 1 aromatic heterocycles. The van der Waals surface area contributed by atoms with Gasteiger partial charge in [0.15, 0.2) is 11.5 Å². The molecule has 0 aliphatic carbocycles. The molecule has 3 rings (SSSR count). The molecule has 0 amide bonds. The Bertz CT molecular complexity index is 847. The van der Waals surface area contributed by atoms with Gasteiger partial charge in [-0.3, -0.25) is 0 Å². The van der Waals surface area contributed by atoms with Crippen LogP contribution in [0.5, 0.6) is 17.2 Å². The molecule has 1 heterocycles. The van der Waals surface area contributed by atoms with Crippen LogP contribution in [0.3, 0.4) is 0 Å². The molecule has 0 fully saturated rings. The summed E-state index contributed by atoms with van der Waals surface area (Å²) in [6.07, 6.45) is 1.68. The molecule has 0 N–H and O–H groups in total. The smallest absolute Gasteiger partial charge is 0.186 e. The molecule has 0 radical (unpaired) electrons. The van der Waals surface area contributed by atoms with Gasteiger partial charge in [-0.2, -0.15) is 0 Å². The number of aromatic nitrogens is 3. The molecule has 0 aliphatic rings. The second kappa shape index (κ2) is 6.80. The fraction of sp³-hybridized carbons (Fsp3) is 0.176. The van der Waals surface area contributed by atoms with E-state index >= 15 is 0 Å². The summed E-state index contributed by atoms with van der Waals surface area (Å²) in [5, 5.41) is 8.88. The highest BCUT2D eigenvalue weighted by atomic mass is 35.5. The van der Waals surface area contributed by atoms with Crippen LogP contribution in [0.1, 0.15) is 0 Å².